The third-order valence-corrected chi connectivity index (χ3v) is 6.41. The summed E-state index contributed by atoms with van der Waals surface area (Å²) in [6, 6.07) is 13.6. The van der Waals surface area contributed by atoms with E-state index in [-0.39, 0.29) is 5.69 Å². The molecule has 0 N–H and O–H groups in total. The summed E-state index contributed by atoms with van der Waals surface area (Å²) in [5.41, 5.74) is 0.796. The molecule has 192 valence electrons. The number of benzene rings is 2. The number of aromatic nitrogens is 1. The van der Waals surface area contributed by atoms with E-state index in [9.17, 15) is 23.3 Å². The third-order valence-electron chi connectivity index (χ3n) is 6.41. The van der Waals surface area contributed by atoms with E-state index in [1.54, 1.807) is 30.3 Å². The Morgan fingerprint density at radius 3 is 2.53 bits per heavy atom. The number of halogens is 3. The summed E-state index contributed by atoms with van der Waals surface area (Å²) in [5.74, 6) is 0.624. The summed E-state index contributed by atoms with van der Waals surface area (Å²) >= 11 is 0. The lowest BCUT2D eigenvalue weighted by Crippen LogP contribution is -2.48. The minimum atomic E-state index is -4.35. The van der Waals surface area contributed by atoms with Gasteiger partial charge in [0, 0.05) is 57.1 Å². The first-order valence-corrected chi connectivity index (χ1v) is 11.8. The van der Waals surface area contributed by atoms with Crippen molar-refractivity contribution in [2.45, 2.75) is 19.6 Å². The molecule has 4 rings (SSSR count). The van der Waals surface area contributed by atoms with Crippen LogP contribution >= 0.6 is 0 Å². The van der Waals surface area contributed by atoms with E-state index in [0.29, 0.717) is 42.3 Å². The smallest absolute Gasteiger partial charge is 0.369 e. The molecule has 0 amide bonds. The number of para-hydroxylation sites is 1. The fourth-order valence-electron chi connectivity index (χ4n) is 4.32. The number of hydrogen-bond acceptors (Lipinski definition) is 7. The molecule has 0 radical (unpaired) electrons. The second-order valence-electron chi connectivity index (χ2n) is 8.70. The van der Waals surface area contributed by atoms with Gasteiger partial charge in [0.2, 0.25) is 0 Å². The molecule has 11 heteroatoms. The molecule has 1 aromatic heterocycles. The van der Waals surface area contributed by atoms with E-state index in [2.05, 4.69) is 15.0 Å². The highest BCUT2D eigenvalue weighted by molar-refractivity contribution is 5.70. The topological polar surface area (TPSA) is 78.9 Å². The normalized spacial score (nSPS) is 15.0. The van der Waals surface area contributed by atoms with Gasteiger partial charge in [-0.1, -0.05) is 30.3 Å². The summed E-state index contributed by atoms with van der Waals surface area (Å²) in [5, 5.41) is 15.3. The van der Waals surface area contributed by atoms with E-state index in [4.69, 9.17) is 4.52 Å². The zero-order chi connectivity index (χ0) is 25.7. The summed E-state index contributed by atoms with van der Waals surface area (Å²) in [4.78, 5) is 17.4. The second kappa shape index (κ2) is 11.1. The van der Waals surface area contributed by atoms with Crippen LogP contribution in [0.4, 0.5) is 24.5 Å². The third kappa shape index (κ3) is 6.21. The maximum Gasteiger partial charge on any atom is 0.416 e. The van der Waals surface area contributed by atoms with Gasteiger partial charge in [0.1, 0.15) is 5.69 Å². The Morgan fingerprint density at radius 1 is 1.08 bits per heavy atom. The number of rotatable bonds is 9. The molecular formula is C25H28F3N5O3. The fourth-order valence-corrected chi connectivity index (χ4v) is 4.32. The Kier molecular flexibility index (Phi) is 7.90. The number of nitro groups is 1. The molecule has 36 heavy (non-hydrogen) atoms. The average Bonchev–Trinajstić information content (AvgIpc) is 3.35. The standard InChI is InChI=1S/C25H28F3N5O3/c1-2-30(18-21-17-23(29-36-21)22-8-3-4-9-24(22)33(34)35)10-11-31-12-14-32(15-13-31)20-7-5-6-19(16-20)25(26,27)28/h3-9,16-17H,2,10-15,18H2,1H3. The Bertz CT molecular complexity index is 1180. The van der Waals surface area contributed by atoms with Crippen LogP contribution in [-0.4, -0.2) is 65.7 Å². The average molecular weight is 504 g/mol. The number of likely N-dealkylation sites (N-methyl/N-ethyl adjacent to an activating group) is 1. The summed E-state index contributed by atoms with van der Waals surface area (Å²) < 4.78 is 44.6. The van der Waals surface area contributed by atoms with Gasteiger partial charge in [0.25, 0.3) is 5.69 Å². The maximum atomic E-state index is 13.0. The Morgan fingerprint density at radius 2 is 1.83 bits per heavy atom. The quantitative estimate of drug-likeness (QED) is 0.303. The van der Waals surface area contributed by atoms with Crippen molar-refractivity contribution in [1.82, 2.24) is 15.0 Å². The highest BCUT2D eigenvalue weighted by Gasteiger charge is 2.31. The maximum absolute atomic E-state index is 13.0. The van der Waals surface area contributed by atoms with Crippen molar-refractivity contribution in [2.75, 3.05) is 50.7 Å². The first-order chi connectivity index (χ1) is 17.2. The molecule has 8 nitrogen and oxygen atoms in total. The van der Waals surface area contributed by atoms with Crippen molar-refractivity contribution >= 4 is 11.4 Å². The molecule has 1 fully saturated rings. The van der Waals surface area contributed by atoms with Gasteiger partial charge in [-0.2, -0.15) is 13.2 Å². The van der Waals surface area contributed by atoms with Gasteiger partial charge >= 0.3 is 6.18 Å². The van der Waals surface area contributed by atoms with Crippen molar-refractivity contribution in [3.8, 4) is 11.3 Å². The number of piperazine rings is 1. The summed E-state index contributed by atoms with van der Waals surface area (Å²) in [7, 11) is 0. The van der Waals surface area contributed by atoms with Gasteiger partial charge in [-0.3, -0.25) is 19.9 Å². The zero-order valence-corrected chi connectivity index (χ0v) is 19.9. The molecule has 3 aromatic rings. The lowest BCUT2D eigenvalue weighted by Gasteiger charge is -2.37. The summed E-state index contributed by atoms with van der Waals surface area (Å²) in [6.45, 7) is 7.79. The first-order valence-electron chi connectivity index (χ1n) is 11.8. The predicted octanol–water partition coefficient (Wildman–Crippen LogP) is 4.91. The number of nitrogens with zero attached hydrogens (tertiary/aromatic N) is 5. The fraction of sp³-hybridized carbons (Fsp3) is 0.400. The number of nitro benzene ring substituents is 1. The van der Waals surface area contributed by atoms with Crippen molar-refractivity contribution < 1.29 is 22.6 Å². The molecular weight excluding hydrogens is 475 g/mol. The van der Waals surface area contributed by atoms with Gasteiger partial charge in [0.15, 0.2) is 5.76 Å². The molecule has 0 unspecified atom stereocenters. The molecule has 0 bridgehead atoms. The van der Waals surface area contributed by atoms with Crippen LogP contribution in [0.15, 0.2) is 59.1 Å². The molecule has 0 aliphatic carbocycles. The lowest BCUT2D eigenvalue weighted by atomic mass is 10.1. The number of hydrogen-bond donors (Lipinski definition) is 0. The van der Waals surface area contributed by atoms with E-state index < -0.39 is 16.7 Å². The van der Waals surface area contributed by atoms with E-state index >= 15 is 0 Å². The van der Waals surface area contributed by atoms with Crippen molar-refractivity contribution in [3.05, 3.63) is 76.0 Å². The van der Waals surface area contributed by atoms with E-state index in [1.165, 1.54) is 18.2 Å². The van der Waals surface area contributed by atoms with Gasteiger partial charge in [-0.15, -0.1) is 0 Å². The SMILES string of the molecule is CCN(CCN1CCN(c2cccc(C(F)(F)F)c2)CC1)Cc1cc(-c2ccccc2[N+](=O)[O-])no1. The van der Waals surface area contributed by atoms with Crippen molar-refractivity contribution in [3.63, 3.8) is 0 Å². The second-order valence-corrected chi connectivity index (χ2v) is 8.70. The van der Waals surface area contributed by atoms with Crippen molar-refractivity contribution in [1.29, 1.82) is 0 Å². The molecule has 1 aliphatic heterocycles. The molecule has 0 atom stereocenters. The first kappa shape index (κ1) is 25.6. The molecule has 0 spiro atoms. The van der Waals surface area contributed by atoms with E-state index in [1.807, 2.05) is 11.8 Å². The van der Waals surface area contributed by atoms with Crippen LogP contribution in [0.25, 0.3) is 11.3 Å². The van der Waals surface area contributed by atoms with Crippen LogP contribution in [0.2, 0.25) is 0 Å². The van der Waals surface area contributed by atoms with Gasteiger partial charge in [-0.05, 0) is 30.8 Å². The van der Waals surface area contributed by atoms with Gasteiger partial charge < -0.3 is 9.42 Å². The highest BCUT2D eigenvalue weighted by atomic mass is 19.4. The lowest BCUT2D eigenvalue weighted by molar-refractivity contribution is -0.384. The van der Waals surface area contributed by atoms with Gasteiger partial charge in [-0.25, -0.2) is 0 Å². The van der Waals surface area contributed by atoms with Crippen LogP contribution in [0.1, 0.15) is 18.2 Å². The minimum Gasteiger partial charge on any atom is -0.369 e. The van der Waals surface area contributed by atoms with Crippen LogP contribution in [0.3, 0.4) is 0 Å². The monoisotopic (exact) mass is 503 g/mol. The molecule has 2 aromatic carbocycles. The molecule has 0 saturated carbocycles. The van der Waals surface area contributed by atoms with Crippen LogP contribution in [0.5, 0.6) is 0 Å². The minimum absolute atomic E-state index is 0.0195. The van der Waals surface area contributed by atoms with Crippen LogP contribution in [-0.2, 0) is 12.7 Å². The predicted molar refractivity (Wildman–Crippen MR) is 130 cm³/mol. The Labute approximate surface area is 207 Å². The number of anilines is 1. The van der Waals surface area contributed by atoms with Gasteiger partial charge in [0.05, 0.1) is 22.6 Å². The summed E-state index contributed by atoms with van der Waals surface area (Å²) in [6.07, 6.45) is -4.35. The Balaban J connectivity index is 1.29. The van der Waals surface area contributed by atoms with Crippen LogP contribution in [0, 0.1) is 10.1 Å². The zero-order valence-electron chi connectivity index (χ0n) is 19.9. The van der Waals surface area contributed by atoms with Crippen molar-refractivity contribution in [2.24, 2.45) is 0 Å². The highest BCUT2D eigenvalue weighted by Crippen LogP contribution is 2.32. The number of alkyl halides is 3. The molecule has 1 aliphatic rings. The molecule has 1 saturated heterocycles. The largest absolute Gasteiger partial charge is 0.416 e. The van der Waals surface area contributed by atoms with E-state index in [0.717, 1.165) is 38.8 Å². The van der Waals surface area contributed by atoms with Crippen LogP contribution < -0.4 is 4.90 Å². The molecule has 2 heterocycles. The Hall–Kier alpha value is -3.44.